The quantitative estimate of drug-likeness (QED) is 0.719. The van der Waals surface area contributed by atoms with E-state index in [-0.39, 0.29) is 6.79 Å². The molecule has 0 saturated carbocycles. The Morgan fingerprint density at radius 1 is 0.810 bits per heavy atom. The highest BCUT2D eigenvalue weighted by Gasteiger charge is 2.14. The van der Waals surface area contributed by atoms with Gasteiger partial charge in [-0.1, -0.05) is 18.2 Å². The molecule has 5 heteroatoms. The first-order valence-corrected chi connectivity index (χ1v) is 6.60. The molecule has 21 heavy (non-hydrogen) atoms. The molecule has 2 heterocycles. The minimum absolute atomic E-state index is 0.286. The Morgan fingerprint density at radius 2 is 1.52 bits per heavy atom. The lowest BCUT2D eigenvalue weighted by atomic mass is 10.0. The van der Waals surface area contributed by atoms with Gasteiger partial charge in [-0.15, -0.1) is 10.2 Å². The molecule has 4 rings (SSSR count). The van der Waals surface area contributed by atoms with Crippen LogP contribution in [0, 0.1) is 6.92 Å². The van der Waals surface area contributed by atoms with E-state index in [2.05, 4.69) is 10.2 Å². The fraction of sp³-hybridized carbons (Fsp3) is 0.125. The van der Waals surface area contributed by atoms with E-state index in [1.165, 1.54) is 0 Å². The summed E-state index contributed by atoms with van der Waals surface area (Å²) in [4.78, 5) is 0. The van der Waals surface area contributed by atoms with Gasteiger partial charge in [0.25, 0.3) is 0 Å². The molecule has 0 amide bonds. The van der Waals surface area contributed by atoms with Gasteiger partial charge in [0.1, 0.15) is 0 Å². The van der Waals surface area contributed by atoms with Gasteiger partial charge in [0.05, 0.1) is 0 Å². The predicted octanol–water partition coefficient (Wildman–Crippen LogP) is 3.44. The number of hydrogen-bond acceptors (Lipinski definition) is 5. The van der Waals surface area contributed by atoms with Crippen LogP contribution in [0.5, 0.6) is 11.5 Å². The van der Waals surface area contributed by atoms with Crippen LogP contribution in [0.1, 0.15) is 5.89 Å². The zero-order valence-corrected chi connectivity index (χ0v) is 11.4. The van der Waals surface area contributed by atoms with Crippen LogP contribution < -0.4 is 9.47 Å². The number of benzene rings is 2. The molecule has 104 valence electrons. The van der Waals surface area contributed by atoms with Crippen molar-refractivity contribution in [2.75, 3.05) is 6.79 Å². The molecule has 0 saturated heterocycles. The Hall–Kier alpha value is -2.82. The van der Waals surface area contributed by atoms with Crippen molar-refractivity contribution in [2.24, 2.45) is 0 Å². The third kappa shape index (κ3) is 2.12. The van der Waals surface area contributed by atoms with Crippen LogP contribution in [0.4, 0.5) is 0 Å². The number of rotatable bonds is 2. The molecule has 0 fully saturated rings. The van der Waals surface area contributed by atoms with E-state index < -0.39 is 0 Å². The molecule has 0 atom stereocenters. The minimum atomic E-state index is 0.286. The Morgan fingerprint density at radius 3 is 2.29 bits per heavy atom. The van der Waals surface area contributed by atoms with Gasteiger partial charge in [0, 0.05) is 12.5 Å². The maximum atomic E-state index is 5.42. The van der Waals surface area contributed by atoms with Gasteiger partial charge in [-0.05, 0) is 35.4 Å². The molecule has 0 aliphatic carbocycles. The van der Waals surface area contributed by atoms with Crippen molar-refractivity contribution in [3.8, 4) is 34.1 Å². The molecular weight excluding hydrogens is 268 g/mol. The van der Waals surface area contributed by atoms with Crippen LogP contribution in [0.3, 0.4) is 0 Å². The van der Waals surface area contributed by atoms with Crippen LogP contribution >= 0.6 is 0 Å². The van der Waals surface area contributed by atoms with E-state index in [1.54, 1.807) is 6.92 Å². The molecule has 0 radical (unpaired) electrons. The zero-order valence-electron chi connectivity index (χ0n) is 11.4. The Balaban J connectivity index is 1.67. The Bertz CT molecular complexity index is 794. The summed E-state index contributed by atoms with van der Waals surface area (Å²) in [6, 6.07) is 13.9. The molecule has 3 aromatic rings. The number of aromatic nitrogens is 2. The zero-order chi connectivity index (χ0) is 14.2. The summed E-state index contributed by atoms with van der Waals surface area (Å²) in [5, 5.41) is 7.85. The van der Waals surface area contributed by atoms with Crippen LogP contribution in [0.15, 0.2) is 46.9 Å². The maximum Gasteiger partial charge on any atom is 0.247 e. The van der Waals surface area contributed by atoms with Crippen molar-refractivity contribution >= 4 is 0 Å². The summed E-state index contributed by atoms with van der Waals surface area (Å²) < 4.78 is 16.1. The second-order valence-electron chi connectivity index (χ2n) is 4.77. The summed E-state index contributed by atoms with van der Waals surface area (Å²) in [5.74, 6) is 2.66. The Labute approximate surface area is 121 Å². The molecular formula is C16H12N2O3. The van der Waals surface area contributed by atoms with Gasteiger partial charge in [0.15, 0.2) is 11.5 Å². The van der Waals surface area contributed by atoms with Crippen LogP contribution in [0.25, 0.3) is 22.6 Å². The van der Waals surface area contributed by atoms with Crippen molar-refractivity contribution in [2.45, 2.75) is 6.92 Å². The molecule has 1 aliphatic heterocycles. The van der Waals surface area contributed by atoms with E-state index in [1.807, 2.05) is 42.5 Å². The first kappa shape index (κ1) is 12.0. The minimum Gasteiger partial charge on any atom is -0.454 e. The number of nitrogens with zero attached hydrogens (tertiary/aromatic N) is 2. The monoisotopic (exact) mass is 280 g/mol. The van der Waals surface area contributed by atoms with Crippen molar-refractivity contribution in [3.05, 3.63) is 48.4 Å². The Kier molecular flexibility index (Phi) is 2.64. The maximum absolute atomic E-state index is 5.42. The highest BCUT2D eigenvalue weighted by atomic mass is 16.7. The number of aryl methyl sites for hydroxylation is 1. The topological polar surface area (TPSA) is 57.4 Å². The van der Waals surface area contributed by atoms with Crippen LogP contribution in [0.2, 0.25) is 0 Å². The predicted molar refractivity (Wildman–Crippen MR) is 76.0 cm³/mol. The molecule has 0 spiro atoms. The van der Waals surface area contributed by atoms with Gasteiger partial charge in [-0.25, -0.2) is 0 Å². The average Bonchev–Trinajstić information content (AvgIpc) is 3.15. The smallest absolute Gasteiger partial charge is 0.247 e. The molecule has 5 nitrogen and oxygen atoms in total. The fourth-order valence-corrected chi connectivity index (χ4v) is 2.29. The van der Waals surface area contributed by atoms with Gasteiger partial charge < -0.3 is 13.9 Å². The molecule has 0 N–H and O–H groups in total. The number of ether oxygens (including phenoxy) is 2. The molecule has 1 aliphatic rings. The summed E-state index contributed by atoms with van der Waals surface area (Å²) in [5.41, 5.74) is 3.07. The highest BCUT2D eigenvalue weighted by Crippen LogP contribution is 2.36. The van der Waals surface area contributed by atoms with Crippen LogP contribution in [-0.4, -0.2) is 17.0 Å². The van der Waals surface area contributed by atoms with Gasteiger partial charge >= 0.3 is 0 Å². The standard InChI is InChI=1S/C16H12N2O3/c1-10-17-18-16(21-10)12-4-2-11(3-5-12)13-6-7-14-15(8-13)20-9-19-14/h2-8H,9H2,1H3. The summed E-state index contributed by atoms with van der Waals surface area (Å²) in [7, 11) is 0. The molecule has 0 bridgehead atoms. The van der Waals surface area contributed by atoms with Crippen molar-refractivity contribution < 1.29 is 13.9 Å². The molecule has 1 aromatic heterocycles. The van der Waals surface area contributed by atoms with E-state index in [4.69, 9.17) is 13.9 Å². The highest BCUT2D eigenvalue weighted by molar-refractivity contribution is 5.70. The van der Waals surface area contributed by atoms with Crippen molar-refractivity contribution in [1.82, 2.24) is 10.2 Å². The van der Waals surface area contributed by atoms with Crippen molar-refractivity contribution in [1.29, 1.82) is 0 Å². The molecule has 2 aromatic carbocycles. The van der Waals surface area contributed by atoms with Gasteiger partial charge in [0.2, 0.25) is 18.6 Å². The van der Waals surface area contributed by atoms with E-state index in [0.29, 0.717) is 11.8 Å². The SMILES string of the molecule is Cc1nnc(-c2ccc(-c3ccc4c(c3)OCO4)cc2)o1. The number of hydrogen-bond donors (Lipinski definition) is 0. The van der Waals surface area contributed by atoms with E-state index in [9.17, 15) is 0 Å². The normalized spacial score (nSPS) is 12.6. The average molecular weight is 280 g/mol. The first-order chi connectivity index (χ1) is 10.3. The van der Waals surface area contributed by atoms with Gasteiger partial charge in [-0.2, -0.15) is 0 Å². The van der Waals surface area contributed by atoms with Crippen molar-refractivity contribution in [3.63, 3.8) is 0 Å². The van der Waals surface area contributed by atoms with Crippen LogP contribution in [-0.2, 0) is 0 Å². The lowest BCUT2D eigenvalue weighted by Gasteiger charge is -2.04. The lowest BCUT2D eigenvalue weighted by Crippen LogP contribution is -1.92. The molecule has 0 unspecified atom stereocenters. The fourth-order valence-electron chi connectivity index (χ4n) is 2.29. The van der Waals surface area contributed by atoms with E-state index >= 15 is 0 Å². The second-order valence-corrected chi connectivity index (χ2v) is 4.77. The number of fused-ring (bicyclic) bond motifs is 1. The second kappa shape index (κ2) is 4.63. The summed E-state index contributed by atoms with van der Waals surface area (Å²) in [6.45, 7) is 2.06. The third-order valence-corrected chi connectivity index (χ3v) is 3.36. The van der Waals surface area contributed by atoms with E-state index in [0.717, 1.165) is 28.2 Å². The lowest BCUT2D eigenvalue weighted by molar-refractivity contribution is 0.174. The largest absolute Gasteiger partial charge is 0.454 e. The summed E-state index contributed by atoms with van der Waals surface area (Å²) in [6.07, 6.45) is 0. The van der Waals surface area contributed by atoms with Gasteiger partial charge in [-0.3, -0.25) is 0 Å². The summed E-state index contributed by atoms with van der Waals surface area (Å²) >= 11 is 0. The first-order valence-electron chi connectivity index (χ1n) is 6.60. The third-order valence-electron chi connectivity index (χ3n) is 3.36.